The molecule has 1 unspecified atom stereocenters. The van der Waals surface area contributed by atoms with Crippen LogP contribution in [0.2, 0.25) is 0 Å². The van der Waals surface area contributed by atoms with Gasteiger partial charge in [0.1, 0.15) is 11.6 Å². The maximum Gasteiger partial charge on any atom is 0.299 e. The molecule has 1 fully saturated rings. The summed E-state index contributed by atoms with van der Waals surface area (Å²) in [5.41, 5.74) is -0.694. The Hall–Kier alpha value is -1.82. The number of nitrogens with zero attached hydrogens (tertiary/aromatic N) is 1. The molecule has 0 aliphatic carbocycles. The Morgan fingerprint density at radius 1 is 1.25 bits per heavy atom. The zero-order chi connectivity index (χ0) is 14.3. The molecular weight excluding hydrogens is 268 g/mol. The highest BCUT2D eigenvalue weighted by Gasteiger charge is 2.40. The van der Waals surface area contributed by atoms with Crippen molar-refractivity contribution in [3.63, 3.8) is 0 Å². The topological polar surface area (TPSA) is 46.6 Å². The minimum absolute atomic E-state index is 0.0126. The zero-order valence-electron chi connectivity index (χ0n) is 10.7. The average molecular weight is 281 g/mol. The van der Waals surface area contributed by atoms with Crippen molar-refractivity contribution in [1.82, 2.24) is 0 Å². The van der Waals surface area contributed by atoms with Crippen molar-refractivity contribution in [2.75, 3.05) is 18.1 Å². The first-order valence-electron chi connectivity index (χ1n) is 6.55. The number of amides is 1. The van der Waals surface area contributed by atoms with Gasteiger partial charge in [-0.05, 0) is 31.4 Å². The molecule has 0 aromatic heterocycles. The Kier molecular flexibility index (Phi) is 3.25. The quantitative estimate of drug-likeness (QED) is 0.797. The van der Waals surface area contributed by atoms with Gasteiger partial charge >= 0.3 is 0 Å². The largest absolute Gasteiger partial charge is 0.378 e. The molecule has 1 atom stereocenters. The fraction of sp³-hybridized carbons (Fsp3) is 0.429. The van der Waals surface area contributed by atoms with E-state index in [1.165, 1.54) is 0 Å². The third kappa shape index (κ3) is 2.00. The minimum atomic E-state index is -0.982. The van der Waals surface area contributed by atoms with Crippen molar-refractivity contribution in [2.24, 2.45) is 0 Å². The van der Waals surface area contributed by atoms with E-state index in [0.29, 0.717) is 13.0 Å². The van der Waals surface area contributed by atoms with Crippen molar-refractivity contribution in [2.45, 2.75) is 25.4 Å². The number of ether oxygens (including phenoxy) is 1. The van der Waals surface area contributed by atoms with Gasteiger partial charge in [0.2, 0.25) is 0 Å². The summed E-state index contributed by atoms with van der Waals surface area (Å²) in [6, 6.07) is 1.79. The second-order valence-electron chi connectivity index (χ2n) is 4.96. The highest BCUT2D eigenvalue weighted by molar-refractivity contribution is 6.52. The number of anilines is 1. The molecular formula is C14H13F2NO3. The fourth-order valence-electron chi connectivity index (χ4n) is 2.71. The number of ketones is 1. The molecule has 106 valence electrons. The SMILES string of the molecule is O=C1C(=O)N(CCC2CCCO2)c2c(F)ccc(F)c21. The summed E-state index contributed by atoms with van der Waals surface area (Å²) in [6.45, 7) is 0.833. The predicted octanol–water partition coefficient (Wildman–Crippen LogP) is 2.06. The van der Waals surface area contributed by atoms with Crippen molar-refractivity contribution >= 4 is 17.4 Å². The Bertz CT molecular complexity index is 582. The van der Waals surface area contributed by atoms with Crippen molar-refractivity contribution in [1.29, 1.82) is 0 Å². The van der Waals surface area contributed by atoms with Crippen LogP contribution in [0.1, 0.15) is 29.6 Å². The van der Waals surface area contributed by atoms with E-state index in [2.05, 4.69) is 0 Å². The minimum Gasteiger partial charge on any atom is -0.378 e. The highest BCUT2D eigenvalue weighted by Crippen LogP contribution is 2.34. The smallest absolute Gasteiger partial charge is 0.299 e. The summed E-state index contributed by atoms with van der Waals surface area (Å²) >= 11 is 0. The van der Waals surface area contributed by atoms with Gasteiger partial charge in [-0.2, -0.15) is 0 Å². The lowest BCUT2D eigenvalue weighted by Crippen LogP contribution is -2.32. The molecule has 0 bridgehead atoms. The third-order valence-corrected chi connectivity index (χ3v) is 3.71. The molecule has 0 N–H and O–H groups in total. The highest BCUT2D eigenvalue weighted by atomic mass is 19.1. The summed E-state index contributed by atoms with van der Waals surface area (Å²) in [6.07, 6.45) is 2.36. The van der Waals surface area contributed by atoms with Crippen molar-refractivity contribution < 1.29 is 23.1 Å². The molecule has 0 spiro atoms. The van der Waals surface area contributed by atoms with E-state index in [1.54, 1.807) is 0 Å². The van der Waals surface area contributed by atoms with Gasteiger partial charge in [0.05, 0.1) is 17.4 Å². The molecule has 0 radical (unpaired) electrons. The number of hydrogen-bond donors (Lipinski definition) is 0. The standard InChI is InChI=1S/C14H13F2NO3/c15-9-3-4-10(16)12-11(9)13(18)14(19)17(12)6-5-8-2-1-7-20-8/h3-4,8H,1-2,5-7H2. The summed E-state index contributed by atoms with van der Waals surface area (Å²) in [7, 11) is 0. The van der Waals surface area contributed by atoms with Crippen molar-refractivity contribution in [3.8, 4) is 0 Å². The van der Waals surface area contributed by atoms with Crippen LogP contribution in [0.3, 0.4) is 0 Å². The molecule has 1 amide bonds. The lowest BCUT2D eigenvalue weighted by Gasteiger charge is -2.19. The van der Waals surface area contributed by atoms with Crippen molar-refractivity contribution in [3.05, 3.63) is 29.3 Å². The first-order chi connectivity index (χ1) is 9.59. The van der Waals surface area contributed by atoms with Crippen LogP contribution in [0.25, 0.3) is 0 Å². The van der Waals surface area contributed by atoms with Gasteiger partial charge in [-0.3, -0.25) is 9.59 Å². The van der Waals surface area contributed by atoms with Crippen LogP contribution in [0.4, 0.5) is 14.5 Å². The first-order valence-corrected chi connectivity index (χ1v) is 6.55. The predicted molar refractivity (Wildman–Crippen MR) is 66.6 cm³/mol. The Balaban J connectivity index is 1.87. The number of carbonyl (C=O) groups is 2. The molecule has 1 saturated heterocycles. The van der Waals surface area contributed by atoms with E-state index in [-0.39, 0.29) is 18.3 Å². The number of hydrogen-bond acceptors (Lipinski definition) is 3. The second-order valence-corrected chi connectivity index (χ2v) is 4.96. The lowest BCUT2D eigenvalue weighted by atomic mass is 10.1. The van der Waals surface area contributed by atoms with Crippen LogP contribution in [-0.2, 0) is 9.53 Å². The molecule has 4 nitrogen and oxygen atoms in total. The van der Waals surface area contributed by atoms with Gasteiger partial charge in [-0.15, -0.1) is 0 Å². The van der Waals surface area contributed by atoms with Crippen LogP contribution in [0.5, 0.6) is 0 Å². The number of rotatable bonds is 3. The molecule has 1 aromatic carbocycles. The van der Waals surface area contributed by atoms with Crippen LogP contribution in [0.15, 0.2) is 12.1 Å². The van der Waals surface area contributed by atoms with Gasteiger partial charge < -0.3 is 9.64 Å². The van der Waals surface area contributed by atoms with Gasteiger partial charge in [0.25, 0.3) is 11.7 Å². The van der Waals surface area contributed by atoms with Gasteiger partial charge in [-0.25, -0.2) is 8.78 Å². The molecule has 2 aliphatic heterocycles. The Morgan fingerprint density at radius 2 is 2.00 bits per heavy atom. The van der Waals surface area contributed by atoms with Gasteiger partial charge in [0, 0.05) is 13.2 Å². The summed E-state index contributed by atoms with van der Waals surface area (Å²) in [5.74, 6) is -3.47. The molecule has 2 aliphatic rings. The number of fused-ring (bicyclic) bond motifs is 1. The number of Topliss-reactive ketones (excluding diaryl/α,β-unsaturated/α-hetero) is 1. The number of carbonyl (C=O) groups excluding carboxylic acids is 2. The third-order valence-electron chi connectivity index (χ3n) is 3.71. The van der Waals surface area contributed by atoms with Crippen LogP contribution >= 0.6 is 0 Å². The number of halogens is 2. The maximum absolute atomic E-state index is 13.8. The van der Waals surface area contributed by atoms with E-state index in [1.807, 2.05) is 0 Å². The van der Waals surface area contributed by atoms with Crippen LogP contribution in [-0.4, -0.2) is 30.9 Å². The molecule has 3 rings (SSSR count). The lowest BCUT2D eigenvalue weighted by molar-refractivity contribution is -0.114. The molecule has 6 heteroatoms. The zero-order valence-corrected chi connectivity index (χ0v) is 10.7. The van der Waals surface area contributed by atoms with E-state index < -0.39 is 28.9 Å². The van der Waals surface area contributed by atoms with Gasteiger partial charge in [0.15, 0.2) is 0 Å². The normalized spacial score (nSPS) is 21.7. The molecule has 1 aromatic rings. The Morgan fingerprint density at radius 3 is 2.70 bits per heavy atom. The Labute approximate surface area is 114 Å². The van der Waals surface area contributed by atoms with Gasteiger partial charge in [-0.1, -0.05) is 0 Å². The number of benzene rings is 1. The van der Waals surface area contributed by atoms with E-state index >= 15 is 0 Å². The molecule has 2 heterocycles. The van der Waals surface area contributed by atoms with E-state index in [4.69, 9.17) is 4.74 Å². The van der Waals surface area contributed by atoms with E-state index in [9.17, 15) is 18.4 Å². The average Bonchev–Trinajstić information content (AvgIpc) is 3.02. The maximum atomic E-state index is 13.8. The monoisotopic (exact) mass is 281 g/mol. The molecule has 0 saturated carbocycles. The first kappa shape index (κ1) is 13.2. The van der Waals surface area contributed by atoms with Crippen LogP contribution < -0.4 is 4.90 Å². The van der Waals surface area contributed by atoms with E-state index in [0.717, 1.165) is 29.9 Å². The second kappa shape index (κ2) is 4.94. The summed E-state index contributed by atoms with van der Waals surface area (Å²) in [4.78, 5) is 24.6. The summed E-state index contributed by atoms with van der Waals surface area (Å²) < 4.78 is 32.9. The fourth-order valence-corrected chi connectivity index (χ4v) is 2.71. The van der Waals surface area contributed by atoms with Crippen LogP contribution in [0, 0.1) is 11.6 Å². The molecule has 20 heavy (non-hydrogen) atoms. The summed E-state index contributed by atoms with van der Waals surface area (Å²) in [5, 5.41) is 0.